The number of piperidine rings is 1. The molecule has 1 aliphatic heterocycles. The van der Waals surface area contributed by atoms with Gasteiger partial charge in [0, 0.05) is 38.3 Å². The van der Waals surface area contributed by atoms with Gasteiger partial charge in [-0.3, -0.25) is 4.79 Å². The minimum Gasteiger partial charge on any atom is -0.310 e. The lowest BCUT2D eigenvalue weighted by atomic mass is 10.0. The van der Waals surface area contributed by atoms with Gasteiger partial charge in [0.25, 0.3) is 0 Å². The number of carbonyl (C=O) groups excluding carboxylic acids is 1. The molecule has 1 aliphatic rings. The molecule has 0 aromatic heterocycles. The van der Waals surface area contributed by atoms with Gasteiger partial charge in [-0.1, -0.05) is 48.0 Å². The molecule has 2 aromatic carbocycles. The fourth-order valence-electron chi connectivity index (χ4n) is 3.69. The van der Waals surface area contributed by atoms with Gasteiger partial charge in [0.1, 0.15) is 0 Å². The van der Waals surface area contributed by atoms with Crippen molar-refractivity contribution in [1.82, 2.24) is 4.90 Å². The monoisotopic (exact) mass is 336 g/mol. The van der Waals surface area contributed by atoms with Crippen molar-refractivity contribution in [2.45, 2.75) is 39.2 Å². The van der Waals surface area contributed by atoms with Crippen molar-refractivity contribution in [3.63, 3.8) is 0 Å². The summed E-state index contributed by atoms with van der Waals surface area (Å²) in [5.74, 6) is 0.145. The molecule has 1 heterocycles. The van der Waals surface area contributed by atoms with E-state index < -0.39 is 0 Å². The maximum Gasteiger partial charge on any atom is 0.224 e. The van der Waals surface area contributed by atoms with E-state index in [1.54, 1.807) is 6.92 Å². The molecule has 1 saturated heterocycles. The molecular weight excluding hydrogens is 308 g/mol. The molecule has 0 atom stereocenters. The summed E-state index contributed by atoms with van der Waals surface area (Å²) in [6.45, 7) is 6.98. The highest BCUT2D eigenvalue weighted by molar-refractivity contribution is 5.92. The van der Waals surface area contributed by atoms with Crippen LogP contribution in [-0.4, -0.2) is 36.5 Å². The van der Waals surface area contributed by atoms with Crippen LogP contribution in [0.3, 0.4) is 0 Å². The quantitative estimate of drug-likeness (QED) is 0.822. The number of benzene rings is 2. The highest BCUT2D eigenvalue weighted by Gasteiger charge is 2.27. The number of anilines is 1. The molecule has 3 heteroatoms. The van der Waals surface area contributed by atoms with E-state index in [2.05, 4.69) is 66.4 Å². The minimum atomic E-state index is 0.145. The van der Waals surface area contributed by atoms with Crippen molar-refractivity contribution in [2.24, 2.45) is 0 Å². The van der Waals surface area contributed by atoms with E-state index in [0.29, 0.717) is 6.04 Å². The summed E-state index contributed by atoms with van der Waals surface area (Å²) >= 11 is 0. The van der Waals surface area contributed by atoms with E-state index >= 15 is 0 Å². The van der Waals surface area contributed by atoms with Crippen LogP contribution in [0.5, 0.6) is 0 Å². The second-order valence-corrected chi connectivity index (χ2v) is 7.03. The van der Waals surface area contributed by atoms with Crippen molar-refractivity contribution < 1.29 is 4.79 Å². The highest BCUT2D eigenvalue weighted by atomic mass is 16.2. The number of nitrogens with zero attached hydrogens (tertiary/aromatic N) is 2. The lowest BCUT2D eigenvalue weighted by molar-refractivity contribution is -0.117. The van der Waals surface area contributed by atoms with Gasteiger partial charge in [-0.05, 0) is 43.9 Å². The molecule has 0 radical (unpaired) electrons. The van der Waals surface area contributed by atoms with E-state index in [9.17, 15) is 4.79 Å². The summed E-state index contributed by atoms with van der Waals surface area (Å²) in [5.41, 5.74) is 3.65. The number of carbonyl (C=O) groups is 1. The topological polar surface area (TPSA) is 23.6 Å². The van der Waals surface area contributed by atoms with Crippen LogP contribution in [0.4, 0.5) is 5.69 Å². The molecule has 1 amide bonds. The summed E-state index contributed by atoms with van der Waals surface area (Å²) in [6, 6.07) is 19.3. The first-order valence-corrected chi connectivity index (χ1v) is 9.26. The number of rotatable bonds is 5. The predicted octanol–water partition coefficient (Wildman–Crippen LogP) is 4.06. The molecule has 0 N–H and O–H groups in total. The molecule has 0 spiro atoms. The Morgan fingerprint density at radius 2 is 1.68 bits per heavy atom. The third-order valence-corrected chi connectivity index (χ3v) is 5.13. The van der Waals surface area contributed by atoms with Gasteiger partial charge in [-0.25, -0.2) is 0 Å². The smallest absolute Gasteiger partial charge is 0.224 e. The number of hydrogen-bond donors (Lipinski definition) is 0. The maximum absolute atomic E-state index is 12.2. The van der Waals surface area contributed by atoms with Crippen molar-refractivity contribution >= 4 is 11.6 Å². The molecule has 132 valence electrons. The van der Waals surface area contributed by atoms with Crippen LogP contribution in [-0.2, 0) is 11.2 Å². The van der Waals surface area contributed by atoms with Crippen LogP contribution >= 0.6 is 0 Å². The standard InChI is InChI=1S/C22H28N2O/c1-18-8-10-21(11-9-18)24(19(2)25)22-13-16-23(17-14-22)15-12-20-6-4-3-5-7-20/h3-11,22H,12-17H2,1-2H3. The molecule has 3 nitrogen and oxygen atoms in total. The zero-order valence-corrected chi connectivity index (χ0v) is 15.3. The summed E-state index contributed by atoms with van der Waals surface area (Å²) in [7, 11) is 0. The first kappa shape index (κ1) is 17.7. The first-order chi connectivity index (χ1) is 12.1. The predicted molar refractivity (Wildman–Crippen MR) is 104 cm³/mol. The molecule has 0 unspecified atom stereocenters. The first-order valence-electron chi connectivity index (χ1n) is 9.26. The Kier molecular flexibility index (Phi) is 5.87. The Balaban J connectivity index is 1.56. The zero-order chi connectivity index (χ0) is 17.6. The van der Waals surface area contributed by atoms with Gasteiger partial charge in [-0.2, -0.15) is 0 Å². The molecule has 0 saturated carbocycles. The summed E-state index contributed by atoms with van der Waals surface area (Å²) < 4.78 is 0. The second-order valence-electron chi connectivity index (χ2n) is 7.03. The van der Waals surface area contributed by atoms with Crippen molar-refractivity contribution in [1.29, 1.82) is 0 Å². The van der Waals surface area contributed by atoms with E-state index in [0.717, 1.165) is 44.6 Å². The van der Waals surface area contributed by atoms with Gasteiger partial charge >= 0.3 is 0 Å². The SMILES string of the molecule is CC(=O)N(c1ccc(C)cc1)C1CCN(CCc2ccccc2)CC1. The average Bonchev–Trinajstić information content (AvgIpc) is 2.63. The van der Waals surface area contributed by atoms with Crippen molar-refractivity contribution in [2.75, 3.05) is 24.5 Å². The van der Waals surface area contributed by atoms with Crippen molar-refractivity contribution in [3.8, 4) is 0 Å². The average molecular weight is 336 g/mol. The number of likely N-dealkylation sites (tertiary alicyclic amines) is 1. The van der Waals surface area contributed by atoms with Crippen LogP contribution < -0.4 is 4.90 Å². The number of hydrogen-bond acceptors (Lipinski definition) is 2. The Morgan fingerprint density at radius 1 is 1.04 bits per heavy atom. The lowest BCUT2D eigenvalue weighted by Gasteiger charge is -2.38. The molecular formula is C22H28N2O. The van der Waals surface area contributed by atoms with E-state index in [1.807, 2.05) is 4.90 Å². The highest BCUT2D eigenvalue weighted by Crippen LogP contribution is 2.24. The molecule has 3 rings (SSSR count). The van der Waals surface area contributed by atoms with Crippen LogP contribution in [0.2, 0.25) is 0 Å². The largest absolute Gasteiger partial charge is 0.310 e. The Morgan fingerprint density at radius 3 is 2.28 bits per heavy atom. The fraction of sp³-hybridized carbons (Fsp3) is 0.409. The number of amides is 1. The normalized spacial score (nSPS) is 15.9. The van der Waals surface area contributed by atoms with E-state index in [1.165, 1.54) is 11.1 Å². The van der Waals surface area contributed by atoms with Crippen LogP contribution in [0.25, 0.3) is 0 Å². The Labute approximate surface area is 151 Å². The summed E-state index contributed by atoms with van der Waals surface area (Å²) in [4.78, 5) is 16.8. The second kappa shape index (κ2) is 8.30. The van der Waals surface area contributed by atoms with E-state index in [4.69, 9.17) is 0 Å². The Bertz CT molecular complexity index is 673. The van der Waals surface area contributed by atoms with Crippen LogP contribution in [0, 0.1) is 6.92 Å². The lowest BCUT2D eigenvalue weighted by Crippen LogP contribution is -2.47. The molecule has 0 aliphatic carbocycles. The van der Waals surface area contributed by atoms with Gasteiger partial charge in [-0.15, -0.1) is 0 Å². The van der Waals surface area contributed by atoms with Gasteiger partial charge in [0.15, 0.2) is 0 Å². The van der Waals surface area contributed by atoms with Crippen LogP contribution in [0.15, 0.2) is 54.6 Å². The minimum absolute atomic E-state index is 0.145. The molecule has 2 aromatic rings. The third-order valence-electron chi connectivity index (χ3n) is 5.13. The van der Waals surface area contributed by atoms with E-state index in [-0.39, 0.29) is 5.91 Å². The summed E-state index contributed by atoms with van der Waals surface area (Å²) in [6.07, 6.45) is 3.18. The van der Waals surface area contributed by atoms with Gasteiger partial charge in [0.2, 0.25) is 5.91 Å². The zero-order valence-electron chi connectivity index (χ0n) is 15.3. The molecule has 25 heavy (non-hydrogen) atoms. The fourth-order valence-corrected chi connectivity index (χ4v) is 3.69. The Hall–Kier alpha value is -2.13. The van der Waals surface area contributed by atoms with Crippen molar-refractivity contribution in [3.05, 3.63) is 65.7 Å². The third kappa shape index (κ3) is 4.70. The molecule has 0 bridgehead atoms. The maximum atomic E-state index is 12.2. The van der Waals surface area contributed by atoms with Gasteiger partial charge < -0.3 is 9.80 Å². The number of aryl methyl sites for hydroxylation is 1. The van der Waals surface area contributed by atoms with Crippen LogP contribution in [0.1, 0.15) is 30.9 Å². The summed E-state index contributed by atoms with van der Waals surface area (Å²) in [5, 5.41) is 0. The molecule has 1 fully saturated rings. The van der Waals surface area contributed by atoms with Gasteiger partial charge in [0.05, 0.1) is 0 Å².